The van der Waals surface area contributed by atoms with E-state index in [0.717, 1.165) is 15.4 Å². The van der Waals surface area contributed by atoms with Crippen LogP contribution in [0, 0.1) is 17.0 Å². The molecule has 1 aromatic carbocycles. The Labute approximate surface area is 157 Å². The maximum Gasteiger partial charge on any atom is 0.292 e. The van der Waals surface area contributed by atoms with Gasteiger partial charge in [-0.1, -0.05) is 11.6 Å². The first kappa shape index (κ1) is 18.0. The zero-order valence-corrected chi connectivity index (χ0v) is 15.5. The Hall–Kier alpha value is -2.78. The van der Waals surface area contributed by atoms with E-state index in [1.807, 2.05) is 12.3 Å². The Morgan fingerprint density at radius 1 is 1.35 bits per heavy atom. The smallest absolute Gasteiger partial charge is 0.292 e. The van der Waals surface area contributed by atoms with Crippen LogP contribution in [-0.4, -0.2) is 26.7 Å². The minimum Gasteiger partial charge on any atom is -0.366 e. The molecule has 0 saturated heterocycles. The Balaban J connectivity index is 1.90. The van der Waals surface area contributed by atoms with Crippen molar-refractivity contribution in [2.75, 3.05) is 11.9 Å². The molecule has 3 aromatic rings. The lowest BCUT2D eigenvalue weighted by molar-refractivity contribution is -0.384. The molecule has 3 rings (SSSR count). The van der Waals surface area contributed by atoms with Crippen molar-refractivity contribution in [2.45, 2.75) is 13.5 Å². The average Bonchev–Trinajstić information content (AvgIpc) is 3.02. The molecule has 0 bridgehead atoms. The summed E-state index contributed by atoms with van der Waals surface area (Å²) < 4.78 is 1.11. The number of benzene rings is 1. The van der Waals surface area contributed by atoms with Crippen LogP contribution in [0.2, 0.25) is 5.02 Å². The topological polar surface area (TPSA) is 94.2 Å². The third-order valence-electron chi connectivity index (χ3n) is 3.68. The molecule has 26 heavy (non-hydrogen) atoms. The van der Waals surface area contributed by atoms with Gasteiger partial charge in [-0.2, -0.15) is 9.78 Å². The third kappa shape index (κ3) is 3.58. The molecule has 0 amide bonds. The number of hydrogen-bond donors (Lipinski definition) is 0. The van der Waals surface area contributed by atoms with Crippen LogP contribution in [0.25, 0.3) is 5.69 Å². The lowest BCUT2D eigenvalue weighted by atomic mass is 10.3. The maximum absolute atomic E-state index is 12.6. The molecule has 0 unspecified atom stereocenters. The van der Waals surface area contributed by atoms with E-state index < -0.39 is 10.5 Å². The number of aromatic nitrogens is 3. The molecule has 8 nitrogen and oxygen atoms in total. The van der Waals surface area contributed by atoms with Gasteiger partial charge in [0.15, 0.2) is 0 Å². The van der Waals surface area contributed by atoms with E-state index in [9.17, 15) is 14.9 Å². The first-order valence-electron chi connectivity index (χ1n) is 7.51. The summed E-state index contributed by atoms with van der Waals surface area (Å²) in [6.45, 7) is 2.42. The van der Waals surface area contributed by atoms with Crippen molar-refractivity contribution in [3.05, 3.63) is 72.0 Å². The zero-order chi connectivity index (χ0) is 18.8. The second-order valence-corrected chi connectivity index (χ2v) is 6.99. The fourth-order valence-electron chi connectivity index (χ4n) is 2.40. The van der Waals surface area contributed by atoms with Crippen LogP contribution in [0.5, 0.6) is 0 Å². The summed E-state index contributed by atoms with van der Waals surface area (Å²) >= 11 is 7.81. The second kappa shape index (κ2) is 7.22. The van der Waals surface area contributed by atoms with Gasteiger partial charge in [-0.25, -0.2) is 4.98 Å². The average molecular weight is 392 g/mol. The summed E-state index contributed by atoms with van der Waals surface area (Å²) in [5.74, 6) is 0. The fraction of sp³-hybridized carbons (Fsp3) is 0.188. The van der Waals surface area contributed by atoms with E-state index in [1.165, 1.54) is 30.5 Å². The normalized spacial score (nSPS) is 10.7. The van der Waals surface area contributed by atoms with Gasteiger partial charge in [0.05, 0.1) is 39.7 Å². The number of anilines is 1. The van der Waals surface area contributed by atoms with Gasteiger partial charge >= 0.3 is 0 Å². The highest BCUT2D eigenvalue weighted by molar-refractivity contribution is 7.09. The number of nitro groups is 1. The Morgan fingerprint density at radius 3 is 2.62 bits per heavy atom. The monoisotopic (exact) mass is 391 g/mol. The molecule has 10 heteroatoms. The minimum atomic E-state index is -0.509. The first-order valence-corrected chi connectivity index (χ1v) is 8.77. The van der Waals surface area contributed by atoms with E-state index in [-0.39, 0.29) is 10.7 Å². The molecule has 0 atom stereocenters. The van der Waals surface area contributed by atoms with Crippen molar-refractivity contribution in [3.8, 4) is 5.69 Å². The minimum absolute atomic E-state index is 0.0211. The molecular weight excluding hydrogens is 378 g/mol. The van der Waals surface area contributed by atoms with Crippen molar-refractivity contribution >= 4 is 34.3 Å². The van der Waals surface area contributed by atoms with Gasteiger partial charge < -0.3 is 4.90 Å². The highest BCUT2D eigenvalue weighted by atomic mass is 35.5. The number of hydrogen-bond acceptors (Lipinski definition) is 7. The second-order valence-electron chi connectivity index (χ2n) is 5.55. The zero-order valence-electron chi connectivity index (χ0n) is 13.9. The van der Waals surface area contributed by atoms with E-state index >= 15 is 0 Å². The molecule has 134 valence electrons. The Kier molecular flexibility index (Phi) is 5.01. The predicted molar refractivity (Wildman–Crippen MR) is 100 cm³/mol. The van der Waals surface area contributed by atoms with Gasteiger partial charge in [0.1, 0.15) is 5.02 Å². The first-order chi connectivity index (χ1) is 12.4. The SMILES string of the molecule is Cc1nc(CN(C)c2cnn(-c3ccc([N+](=O)[O-])cc3)c(=O)c2Cl)cs1. The maximum atomic E-state index is 12.6. The fourth-order valence-corrected chi connectivity index (χ4v) is 3.28. The Bertz CT molecular complexity index is 1020. The number of rotatable bonds is 5. The van der Waals surface area contributed by atoms with Crippen molar-refractivity contribution in [2.24, 2.45) is 0 Å². The van der Waals surface area contributed by atoms with Gasteiger partial charge in [-0.05, 0) is 19.1 Å². The number of nitrogens with zero attached hydrogens (tertiary/aromatic N) is 5. The molecule has 0 N–H and O–H groups in total. The molecule has 0 spiro atoms. The highest BCUT2D eigenvalue weighted by Gasteiger charge is 2.15. The van der Waals surface area contributed by atoms with E-state index in [1.54, 1.807) is 23.3 Å². The van der Waals surface area contributed by atoms with Crippen LogP contribution in [-0.2, 0) is 6.54 Å². The quantitative estimate of drug-likeness (QED) is 0.489. The van der Waals surface area contributed by atoms with Crippen molar-refractivity contribution in [1.82, 2.24) is 14.8 Å². The third-order valence-corrected chi connectivity index (χ3v) is 4.86. The summed E-state index contributed by atoms with van der Waals surface area (Å²) in [5.41, 5.74) is 1.19. The number of thiazole rings is 1. The Morgan fingerprint density at radius 2 is 2.04 bits per heavy atom. The van der Waals surface area contributed by atoms with E-state index in [2.05, 4.69) is 10.1 Å². The largest absolute Gasteiger partial charge is 0.366 e. The van der Waals surface area contributed by atoms with Crippen molar-refractivity contribution in [1.29, 1.82) is 0 Å². The van der Waals surface area contributed by atoms with Crippen molar-refractivity contribution < 1.29 is 4.92 Å². The van der Waals surface area contributed by atoms with Crippen molar-refractivity contribution in [3.63, 3.8) is 0 Å². The molecule has 0 radical (unpaired) electrons. The molecule has 2 aromatic heterocycles. The van der Waals surface area contributed by atoms with Crippen LogP contribution in [0.15, 0.2) is 40.6 Å². The van der Waals surface area contributed by atoms with Gasteiger partial charge in [0.25, 0.3) is 11.2 Å². The van der Waals surface area contributed by atoms with E-state index in [0.29, 0.717) is 17.9 Å². The number of halogens is 1. The van der Waals surface area contributed by atoms with Gasteiger partial charge in [-0.15, -0.1) is 11.3 Å². The molecule has 0 saturated carbocycles. The lowest BCUT2D eigenvalue weighted by Gasteiger charge is -2.19. The molecule has 0 fully saturated rings. The van der Waals surface area contributed by atoms with Crippen LogP contribution in [0.3, 0.4) is 0 Å². The summed E-state index contributed by atoms with van der Waals surface area (Å²) in [6.07, 6.45) is 1.49. The number of aryl methyl sites for hydroxylation is 1. The number of nitro benzene ring substituents is 1. The molecule has 0 aliphatic rings. The standard InChI is InChI=1S/C16H14ClN5O3S/c1-10-19-11(9-26-10)8-20(2)14-7-18-21(16(23)15(14)17)12-3-5-13(6-4-12)22(24)25/h3-7,9H,8H2,1-2H3. The van der Waals surface area contributed by atoms with Crippen LogP contribution >= 0.6 is 22.9 Å². The number of non-ortho nitro benzene ring substituents is 1. The molecule has 0 aliphatic carbocycles. The molecular formula is C16H14ClN5O3S. The summed E-state index contributed by atoms with van der Waals surface area (Å²) in [6, 6.07) is 5.51. The highest BCUT2D eigenvalue weighted by Crippen LogP contribution is 2.23. The summed E-state index contributed by atoms with van der Waals surface area (Å²) in [5, 5.41) is 17.8. The van der Waals surface area contributed by atoms with Gasteiger partial charge in [0.2, 0.25) is 0 Å². The van der Waals surface area contributed by atoms with Crippen LogP contribution in [0.4, 0.5) is 11.4 Å². The molecule has 0 aliphatic heterocycles. The summed E-state index contributed by atoms with van der Waals surface area (Å²) in [4.78, 5) is 29.0. The molecule has 2 heterocycles. The van der Waals surface area contributed by atoms with Crippen LogP contribution in [0.1, 0.15) is 10.7 Å². The van der Waals surface area contributed by atoms with Gasteiger partial charge in [-0.3, -0.25) is 14.9 Å². The van der Waals surface area contributed by atoms with E-state index in [4.69, 9.17) is 11.6 Å². The van der Waals surface area contributed by atoms with Crippen LogP contribution < -0.4 is 10.5 Å². The lowest BCUT2D eigenvalue weighted by Crippen LogP contribution is -2.26. The van der Waals surface area contributed by atoms with Gasteiger partial charge in [0, 0.05) is 24.6 Å². The summed E-state index contributed by atoms with van der Waals surface area (Å²) in [7, 11) is 1.80. The predicted octanol–water partition coefficient (Wildman–Crippen LogP) is 3.20.